The van der Waals surface area contributed by atoms with E-state index in [2.05, 4.69) is 15.6 Å². The summed E-state index contributed by atoms with van der Waals surface area (Å²) < 4.78 is 0. The summed E-state index contributed by atoms with van der Waals surface area (Å²) >= 11 is 0. The molecule has 0 unspecified atom stereocenters. The minimum Gasteiger partial charge on any atom is -0.704 e. The highest BCUT2D eigenvalue weighted by molar-refractivity contribution is 4.34. The van der Waals surface area contributed by atoms with E-state index in [4.69, 9.17) is 0 Å². The maximum absolute atomic E-state index is 10.1. The van der Waals surface area contributed by atoms with Gasteiger partial charge in [-0.3, -0.25) is 0 Å². The predicted octanol–water partition coefficient (Wildman–Crippen LogP) is -1.56. The fourth-order valence-electron chi connectivity index (χ4n) is 0.251. The molecule has 0 atom stereocenters. The molecule has 0 saturated carbocycles. The highest BCUT2D eigenvalue weighted by atomic mass is 16.5. The van der Waals surface area contributed by atoms with Crippen LogP contribution in [0.5, 0.6) is 0 Å². The molecule has 7 heteroatoms. The van der Waals surface area contributed by atoms with Gasteiger partial charge in [-0.05, 0) is 4.91 Å². The van der Waals surface area contributed by atoms with Gasteiger partial charge in [-0.2, -0.15) is 0 Å². The second kappa shape index (κ2) is 1.52. The van der Waals surface area contributed by atoms with Gasteiger partial charge in [0.05, 0.1) is 5.21 Å². The molecular formula is CHN5O2. The highest BCUT2D eigenvalue weighted by Crippen LogP contribution is 1.66. The van der Waals surface area contributed by atoms with Gasteiger partial charge in [-0.25, -0.2) is 0 Å². The summed E-state index contributed by atoms with van der Waals surface area (Å²) in [7, 11) is 0. The van der Waals surface area contributed by atoms with Crippen LogP contribution >= 0.6 is 0 Å². The lowest BCUT2D eigenvalue weighted by molar-refractivity contribution is -0.750. The van der Waals surface area contributed by atoms with Crippen molar-refractivity contribution in [2.45, 2.75) is 0 Å². The average molecular weight is 115 g/mol. The normalized spacial score (nSPS) is 9.00. The monoisotopic (exact) mass is 115 g/mol. The molecule has 0 aliphatic rings. The van der Waals surface area contributed by atoms with Gasteiger partial charge in [-0.15, -0.1) is 0 Å². The van der Waals surface area contributed by atoms with E-state index in [-0.39, 0.29) is 4.96 Å². The highest BCUT2D eigenvalue weighted by Gasteiger charge is 1.97. The fourth-order valence-corrected chi connectivity index (χ4v) is 0.251. The smallest absolute Gasteiger partial charge is 0.271 e. The molecule has 0 aromatic carbocycles. The molecule has 1 aromatic rings. The van der Waals surface area contributed by atoms with E-state index in [0.717, 1.165) is 6.33 Å². The largest absolute Gasteiger partial charge is 0.704 e. The molecule has 0 spiro atoms. The van der Waals surface area contributed by atoms with Gasteiger partial charge in [0.1, 0.15) is 0 Å². The number of tetrazole rings is 1. The Bertz CT molecular complexity index is 192. The molecule has 0 radical (unpaired) electrons. The first-order valence-electron chi connectivity index (χ1n) is 1.68. The van der Waals surface area contributed by atoms with Gasteiger partial charge in [-0.1, -0.05) is 4.96 Å². The molecule has 0 N–H and O–H groups in total. The quantitative estimate of drug-likeness (QED) is 0.251. The Balaban J connectivity index is 3.09. The number of rotatable bonds is 1. The van der Waals surface area contributed by atoms with Gasteiger partial charge in [0.25, 0.3) is 6.33 Å². The Hall–Kier alpha value is -1.53. The molecular weight excluding hydrogens is 114 g/mol. The number of nitroso groups, excluding NO2 is 1. The Morgan fingerprint density at radius 2 is 2.62 bits per heavy atom. The summed E-state index contributed by atoms with van der Waals surface area (Å²) in [6.07, 6.45) is 0.903. The van der Waals surface area contributed by atoms with E-state index in [1.54, 1.807) is 0 Å². The van der Waals surface area contributed by atoms with Gasteiger partial charge in [0.15, 0.2) is 0 Å². The van der Waals surface area contributed by atoms with Crippen LogP contribution in [0.4, 0.5) is 0 Å². The van der Waals surface area contributed by atoms with Crippen LogP contribution in [-0.4, -0.2) is 15.1 Å². The number of hydrogen-bond donors (Lipinski definition) is 0. The van der Waals surface area contributed by atoms with Crippen molar-refractivity contribution in [3.05, 3.63) is 16.4 Å². The number of aromatic nitrogens is 4. The molecule has 0 fully saturated rings. The molecule has 1 aromatic heterocycles. The van der Waals surface area contributed by atoms with E-state index in [0.29, 0.717) is 4.79 Å². The third kappa shape index (κ3) is 0.491. The Morgan fingerprint density at radius 3 is 2.88 bits per heavy atom. The van der Waals surface area contributed by atoms with Crippen LogP contribution in [0.25, 0.3) is 0 Å². The lowest BCUT2D eigenvalue weighted by Gasteiger charge is -1.88. The van der Waals surface area contributed by atoms with Gasteiger partial charge < -0.3 is 5.21 Å². The van der Waals surface area contributed by atoms with Crippen LogP contribution in [0.3, 0.4) is 0 Å². The SMILES string of the molecule is O=Nn1cnn[n+]1[O-]. The second-order valence-corrected chi connectivity index (χ2v) is 0.975. The first kappa shape index (κ1) is 4.62. The Kier molecular flexibility index (Phi) is 0.881. The van der Waals surface area contributed by atoms with Crippen LogP contribution in [-0.2, 0) is 0 Å². The fraction of sp³-hybridized carbons (Fsp3) is 0. The van der Waals surface area contributed by atoms with Crippen LogP contribution in [0, 0.1) is 10.1 Å². The van der Waals surface area contributed by atoms with E-state index >= 15 is 0 Å². The Labute approximate surface area is 43.0 Å². The van der Waals surface area contributed by atoms with Crippen LogP contribution in [0.15, 0.2) is 11.6 Å². The zero-order valence-electron chi connectivity index (χ0n) is 3.63. The maximum atomic E-state index is 10.1. The Morgan fingerprint density at radius 1 is 1.88 bits per heavy atom. The van der Waals surface area contributed by atoms with Gasteiger partial charge >= 0.3 is 0 Å². The number of hydrogen-bond acceptors (Lipinski definition) is 5. The van der Waals surface area contributed by atoms with Crippen molar-refractivity contribution >= 4 is 0 Å². The van der Waals surface area contributed by atoms with Crippen molar-refractivity contribution in [3.63, 3.8) is 0 Å². The lowest BCUT2D eigenvalue weighted by Crippen LogP contribution is -2.37. The van der Waals surface area contributed by atoms with E-state index < -0.39 is 0 Å². The molecule has 1 heterocycles. The van der Waals surface area contributed by atoms with Crippen molar-refractivity contribution in [2.75, 3.05) is 0 Å². The third-order valence-corrected chi connectivity index (χ3v) is 0.542. The van der Waals surface area contributed by atoms with Crippen molar-refractivity contribution in [1.82, 2.24) is 15.1 Å². The molecule has 8 heavy (non-hydrogen) atoms. The first-order chi connectivity index (χ1) is 3.84. The predicted molar refractivity (Wildman–Crippen MR) is 20.2 cm³/mol. The molecule has 1 rings (SSSR count). The minimum absolute atomic E-state index is 0.0347. The lowest BCUT2D eigenvalue weighted by atomic mass is 11.4. The first-order valence-corrected chi connectivity index (χ1v) is 1.68. The summed E-state index contributed by atoms with van der Waals surface area (Å²) in [6.45, 7) is 0. The summed E-state index contributed by atoms with van der Waals surface area (Å²) in [5.74, 6) is 0. The number of nitrogens with zero attached hydrogens (tertiary/aromatic N) is 5. The van der Waals surface area contributed by atoms with Crippen molar-refractivity contribution in [1.29, 1.82) is 0 Å². The molecule has 0 aliphatic carbocycles. The average Bonchev–Trinajstić information content (AvgIpc) is 2.14. The van der Waals surface area contributed by atoms with Gasteiger partial charge in [0, 0.05) is 9.89 Å². The van der Waals surface area contributed by atoms with Crippen LogP contribution in [0.2, 0.25) is 0 Å². The van der Waals surface area contributed by atoms with Crippen molar-refractivity contribution in [3.8, 4) is 0 Å². The topological polar surface area (TPSA) is 87.1 Å². The molecule has 42 valence electrons. The van der Waals surface area contributed by atoms with Gasteiger partial charge in [0.2, 0.25) is 5.29 Å². The zero-order chi connectivity index (χ0) is 5.98. The molecule has 0 amide bonds. The third-order valence-electron chi connectivity index (χ3n) is 0.542. The molecule has 0 bridgehead atoms. The second-order valence-electron chi connectivity index (χ2n) is 0.975. The summed E-state index contributed by atoms with van der Waals surface area (Å²) in [4.78, 5) is 9.88. The minimum atomic E-state index is -0.0347. The summed E-state index contributed by atoms with van der Waals surface area (Å²) in [6, 6.07) is 0. The summed E-state index contributed by atoms with van der Waals surface area (Å²) in [5, 5.41) is 18.2. The van der Waals surface area contributed by atoms with E-state index in [9.17, 15) is 10.1 Å². The maximum Gasteiger partial charge on any atom is 0.271 e. The van der Waals surface area contributed by atoms with E-state index in [1.165, 1.54) is 0 Å². The zero-order valence-corrected chi connectivity index (χ0v) is 3.63. The molecule has 0 aliphatic heterocycles. The van der Waals surface area contributed by atoms with Crippen LogP contribution < -0.4 is 4.96 Å². The van der Waals surface area contributed by atoms with Crippen molar-refractivity contribution in [2.24, 2.45) is 5.29 Å². The van der Waals surface area contributed by atoms with Crippen molar-refractivity contribution < 1.29 is 4.96 Å². The van der Waals surface area contributed by atoms with Crippen LogP contribution in [0.1, 0.15) is 0 Å². The molecule has 0 saturated heterocycles. The molecule has 7 nitrogen and oxygen atoms in total. The summed E-state index contributed by atoms with van der Waals surface area (Å²) in [5.41, 5.74) is 0. The standard InChI is InChI=1S/CHN5O2/c7-4-5-1-2-3-6(5)8/h1H. The van der Waals surface area contributed by atoms with E-state index in [1.807, 2.05) is 0 Å².